The number of para-hydroxylation sites is 2. The van der Waals surface area contributed by atoms with Gasteiger partial charge in [0.25, 0.3) is 11.6 Å². The fourth-order valence-electron chi connectivity index (χ4n) is 2.30. The van der Waals surface area contributed by atoms with Gasteiger partial charge in [0.05, 0.1) is 11.1 Å². The van der Waals surface area contributed by atoms with Crippen LogP contribution in [0.1, 0.15) is 5.56 Å². The number of thiocarbonyl (C=S) groups is 1. The lowest BCUT2D eigenvalue weighted by molar-refractivity contribution is -0.384. The van der Waals surface area contributed by atoms with Crippen molar-refractivity contribution in [3.8, 4) is 0 Å². The molecule has 0 bridgehead atoms. The molecule has 0 aromatic heterocycles. The van der Waals surface area contributed by atoms with Crippen molar-refractivity contribution in [2.24, 2.45) is 5.10 Å². The van der Waals surface area contributed by atoms with Crippen molar-refractivity contribution in [3.63, 3.8) is 0 Å². The van der Waals surface area contributed by atoms with E-state index < -0.39 is 4.92 Å². The van der Waals surface area contributed by atoms with Crippen molar-refractivity contribution in [1.29, 1.82) is 0 Å². The average molecular weight is 340 g/mol. The first kappa shape index (κ1) is 15.8. The molecule has 0 unspecified atom stereocenters. The van der Waals surface area contributed by atoms with Gasteiger partial charge in [0.1, 0.15) is 12.2 Å². The lowest BCUT2D eigenvalue weighted by atomic mass is 10.2. The molecule has 0 radical (unpaired) electrons. The zero-order chi connectivity index (χ0) is 17.1. The fourth-order valence-corrected chi connectivity index (χ4v) is 2.62. The minimum atomic E-state index is -0.502. The summed E-state index contributed by atoms with van der Waals surface area (Å²) in [5.74, 6) is -0.342. The van der Waals surface area contributed by atoms with Crippen LogP contribution in [0.15, 0.2) is 59.7 Å². The summed E-state index contributed by atoms with van der Waals surface area (Å²) in [6.45, 7) is -0.0875. The van der Waals surface area contributed by atoms with Crippen molar-refractivity contribution >= 4 is 40.8 Å². The van der Waals surface area contributed by atoms with E-state index >= 15 is 0 Å². The molecule has 120 valence electrons. The number of nitro groups is 1. The van der Waals surface area contributed by atoms with Crippen LogP contribution in [0.25, 0.3) is 0 Å². The summed E-state index contributed by atoms with van der Waals surface area (Å²) in [4.78, 5) is 24.3. The molecule has 1 aliphatic rings. The zero-order valence-electron chi connectivity index (χ0n) is 12.4. The molecule has 1 heterocycles. The molecule has 8 heteroatoms. The topological polar surface area (TPSA) is 79.0 Å². The standard InChI is InChI=1S/C16H12N4O3S/c21-15-11-18(13-8-4-5-9-14(13)20(22)23)16(24)19(15)17-10-12-6-2-1-3-7-12/h1-10H,11H2/b17-10+. The monoisotopic (exact) mass is 340 g/mol. The van der Waals surface area contributed by atoms with Gasteiger partial charge in [-0.05, 0) is 23.8 Å². The third-order valence-electron chi connectivity index (χ3n) is 3.43. The van der Waals surface area contributed by atoms with E-state index in [0.29, 0.717) is 0 Å². The Balaban J connectivity index is 1.87. The van der Waals surface area contributed by atoms with E-state index in [9.17, 15) is 14.9 Å². The number of anilines is 1. The smallest absolute Gasteiger partial charge is 0.292 e. The molecular weight excluding hydrogens is 328 g/mol. The van der Waals surface area contributed by atoms with E-state index in [2.05, 4.69) is 5.10 Å². The van der Waals surface area contributed by atoms with Gasteiger partial charge in [-0.3, -0.25) is 14.9 Å². The van der Waals surface area contributed by atoms with Crippen LogP contribution >= 0.6 is 12.2 Å². The quantitative estimate of drug-likeness (QED) is 0.370. The lowest BCUT2D eigenvalue weighted by Crippen LogP contribution is -2.29. The molecular formula is C16H12N4O3S. The van der Waals surface area contributed by atoms with E-state index in [-0.39, 0.29) is 28.9 Å². The maximum atomic E-state index is 12.2. The Morgan fingerprint density at radius 1 is 1.12 bits per heavy atom. The summed E-state index contributed by atoms with van der Waals surface area (Å²) in [5, 5.41) is 16.5. The number of carbonyl (C=O) groups excluding carboxylic acids is 1. The summed E-state index contributed by atoms with van der Waals surface area (Å²) in [7, 11) is 0. The summed E-state index contributed by atoms with van der Waals surface area (Å²) >= 11 is 5.28. The number of benzene rings is 2. The highest BCUT2D eigenvalue weighted by Gasteiger charge is 2.36. The van der Waals surface area contributed by atoms with Crippen molar-refractivity contribution < 1.29 is 9.72 Å². The Labute approximate surface area is 143 Å². The fraction of sp³-hybridized carbons (Fsp3) is 0.0625. The number of rotatable bonds is 4. The Kier molecular flexibility index (Phi) is 4.30. The predicted octanol–water partition coefficient (Wildman–Crippen LogP) is 2.56. The lowest BCUT2D eigenvalue weighted by Gasteiger charge is -2.17. The highest BCUT2D eigenvalue weighted by molar-refractivity contribution is 7.80. The molecule has 0 aliphatic carbocycles. The molecule has 3 rings (SSSR count). The van der Waals surface area contributed by atoms with Crippen molar-refractivity contribution in [1.82, 2.24) is 5.01 Å². The second-order valence-electron chi connectivity index (χ2n) is 4.98. The summed E-state index contributed by atoms with van der Waals surface area (Å²) in [6, 6.07) is 15.4. The van der Waals surface area contributed by atoms with Gasteiger partial charge in [-0.1, -0.05) is 42.5 Å². The number of carbonyl (C=O) groups is 1. The number of hydrogen-bond donors (Lipinski definition) is 0. The Morgan fingerprint density at radius 2 is 1.79 bits per heavy atom. The molecule has 1 amide bonds. The normalized spacial score (nSPS) is 14.7. The van der Waals surface area contributed by atoms with Gasteiger partial charge in [0, 0.05) is 6.07 Å². The maximum Gasteiger partial charge on any atom is 0.292 e. The van der Waals surface area contributed by atoms with Gasteiger partial charge in [-0.2, -0.15) is 10.1 Å². The number of hydrazone groups is 1. The number of nitrogens with zero attached hydrogens (tertiary/aromatic N) is 4. The highest BCUT2D eigenvalue weighted by Crippen LogP contribution is 2.30. The molecule has 0 atom stereocenters. The highest BCUT2D eigenvalue weighted by atomic mass is 32.1. The Bertz CT molecular complexity index is 838. The van der Waals surface area contributed by atoms with Gasteiger partial charge in [-0.25, -0.2) is 0 Å². The van der Waals surface area contributed by atoms with Gasteiger partial charge in [0.15, 0.2) is 0 Å². The molecule has 7 nitrogen and oxygen atoms in total. The minimum absolute atomic E-state index is 0.0875. The minimum Gasteiger partial charge on any atom is -0.302 e. The molecule has 0 saturated carbocycles. The van der Waals surface area contributed by atoms with Gasteiger partial charge >= 0.3 is 0 Å². The Hall–Kier alpha value is -3.13. The summed E-state index contributed by atoms with van der Waals surface area (Å²) in [5.41, 5.74) is 0.983. The zero-order valence-corrected chi connectivity index (χ0v) is 13.2. The van der Waals surface area contributed by atoms with Crippen LogP contribution in [0.3, 0.4) is 0 Å². The van der Waals surface area contributed by atoms with Crippen molar-refractivity contribution in [2.75, 3.05) is 11.4 Å². The molecule has 2 aromatic rings. The second-order valence-corrected chi connectivity index (χ2v) is 5.34. The largest absolute Gasteiger partial charge is 0.302 e. The van der Waals surface area contributed by atoms with Crippen LogP contribution in [0.5, 0.6) is 0 Å². The SMILES string of the molecule is O=C1CN(c2ccccc2[N+](=O)[O-])C(=S)N1/N=C/c1ccccc1. The molecule has 0 spiro atoms. The van der Waals surface area contributed by atoms with E-state index in [1.54, 1.807) is 18.2 Å². The first-order chi connectivity index (χ1) is 11.6. The third-order valence-corrected chi connectivity index (χ3v) is 3.83. The molecule has 2 aromatic carbocycles. The van der Waals surface area contributed by atoms with Crippen LogP contribution in [-0.4, -0.2) is 33.7 Å². The third kappa shape index (κ3) is 2.99. The number of hydrogen-bond acceptors (Lipinski definition) is 5. The van der Waals surface area contributed by atoms with E-state index in [1.807, 2.05) is 30.3 Å². The predicted molar refractivity (Wildman–Crippen MR) is 93.9 cm³/mol. The van der Waals surface area contributed by atoms with Crippen LogP contribution in [-0.2, 0) is 4.79 Å². The average Bonchev–Trinajstić information content (AvgIpc) is 2.88. The van der Waals surface area contributed by atoms with Gasteiger partial charge in [0.2, 0.25) is 5.11 Å². The van der Waals surface area contributed by atoms with Crippen LogP contribution in [0.4, 0.5) is 11.4 Å². The van der Waals surface area contributed by atoms with Crippen LogP contribution < -0.4 is 4.90 Å². The molecule has 24 heavy (non-hydrogen) atoms. The first-order valence-electron chi connectivity index (χ1n) is 7.05. The van der Waals surface area contributed by atoms with Gasteiger partial charge < -0.3 is 4.90 Å². The van der Waals surface area contributed by atoms with Crippen LogP contribution in [0, 0.1) is 10.1 Å². The van der Waals surface area contributed by atoms with Crippen molar-refractivity contribution in [2.45, 2.75) is 0 Å². The molecule has 1 saturated heterocycles. The maximum absolute atomic E-state index is 12.2. The van der Waals surface area contributed by atoms with E-state index in [4.69, 9.17) is 12.2 Å². The molecule has 1 aliphatic heterocycles. The first-order valence-corrected chi connectivity index (χ1v) is 7.45. The van der Waals surface area contributed by atoms with E-state index in [1.165, 1.54) is 17.2 Å². The Morgan fingerprint density at radius 3 is 2.50 bits per heavy atom. The van der Waals surface area contributed by atoms with Gasteiger partial charge in [-0.15, -0.1) is 0 Å². The van der Waals surface area contributed by atoms with Crippen LogP contribution in [0.2, 0.25) is 0 Å². The number of amides is 1. The number of nitro benzene ring substituents is 1. The van der Waals surface area contributed by atoms with E-state index in [0.717, 1.165) is 10.6 Å². The van der Waals surface area contributed by atoms with Crippen molar-refractivity contribution in [3.05, 3.63) is 70.3 Å². The molecule has 1 fully saturated rings. The molecule has 0 N–H and O–H groups in total. The summed E-state index contributed by atoms with van der Waals surface area (Å²) < 4.78 is 0. The summed E-state index contributed by atoms with van der Waals surface area (Å²) in [6.07, 6.45) is 1.52. The second kappa shape index (κ2) is 6.55.